The SMILES string of the molecule is O=C(O)C1CCC(C(=O)NCCc2ccccn2)O1. The van der Waals surface area contributed by atoms with Crippen molar-refractivity contribution in [3.05, 3.63) is 30.1 Å². The second-order valence-electron chi connectivity index (χ2n) is 4.39. The van der Waals surface area contributed by atoms with Crippen molar-refractivity contribution in [2.45, 2.75) is 31.5 Å². The molecule has 0 aromatic carbocycles. The molecule has 1 aromatic heterocycles. The molecule has 0 saturated carbocycles. The van der Waals surface area contributed by atoms with Gasteiger partial charge in [-0.25, -0.2) is 4.79 Å². The summed E-state index contributed by atoms with van der Waals surface area (Å²) in [6, 6.07) is 5.61. The summed E-state index contributed by atoms with van der Waals surface area (Å²) in [6.45, 7) is 0.466. The van der Waals surface area contributed by atoms with Crippen molar-refractivity contribution in [2.75, 3.05) is 6.54 Å². The van der Waals surface area contributed by atoms with Crippen molar-refractivity contribution >= 4 is 11.9 Å². The number of ether oxygens (including phenoxy) is 1. The van der Waals surface area contributed by atoms with E-state index in [1.54, 1.807) is 6.20 Å². The Kier molecular flexibility index (Phi) is 4.46. The Hall–Kier alpha value is -1.95. The average Bonchev–Trinajstić information content (AvgIpc) is 2.89. The maximum absolute atomic E-state index is 11.8. The Labute approximate surface area is 110 Å². The first-order valence-electron chi connectivity index (χ1n) is 6.22. The van der Waals surface area contributed by atoms with Crippen molar-refractivity contribution in [1.29, 1.82) is 0 Å². The Morgan fingerprint density at radius 2 is 2.16 bits per heavy atom. The van der Waals surface area contributed by atoms with Gasteiger partial charge in [0.1, 0.15) is 6.10 Å². The summed E-state index contributed by atoms with van der Waals surface area (Å²) in [5.74, 6) is -1.26. The number of aliphatic carboxylic acids is 1. The zero-order valence-electron chi connectivity index (χ0n) is 10.4. The molecule has 0 bridgehead atoms. The standard InChI is InChI=1S/C13H16N2O4/c16-12(10-4-5-11(19-10)13(17)18)15-8-6-9-3-1-2-7-14-9/h1-3,7,10-11H,4-6,8H2,(H,15,16)(H,17,18). The van der Waals surface area contributed by atoms with Gasteiger partial charge in [0.2, 0.25) is 5.91 Å². The molecule has 0 spiro atoms. The van der Waals surface area contributed by atoms with Gasteiger partial charge in [0, 0.05) is 24.9 Å². The molecule has 1 amide bonds. The second kappa shape index (κ2) is 6.29. The van der Waals surface area contributed by atoms with E-state index in [1.165, 1.54) is 0 Å². The van der Waals surface area contributed by atoms with Crippen LogP contribution in [0.3, 0.4) is 0 Å². The van der Waals surface area contributed by atoms with Crippen molar-refractivity contribution in [1.82, 2.24) is 10.3 Å². The highest BCUT2D eigenvalue weighted by Crippen LogP contribution is 2.19. The Morgan fingerprint density at radius 1 is 1.37 bits per heavy atom. The van der Waals surface area contributed by atoms with E-state index in [2.05, 4.69) is 10.3 Å². The molecular formula is C13H16N2O4. The number of hydrogen-bond donors (Lipinski definition) is 2. The summed E-state index contributed by atoms with van der Waals surface area (Å²) in [7, 11) is 0. The largest absolute Gasteiger partial charge is 0.479 e. The molecule has 1 fully saturated rings. The van der Waals surface area contributed by atoms with E-state index in [4.69, 9.17) is 9.84 Å². The van der Waals surface area contributed by atoms with Crippen LogP contribution in [-0.4, -0.2) is 40.7 Å². The topological polar surface area (TPSA) is 88.5 Å². The second-order valence-corrected chi connectivity index (χ2v) is 4.39. The molecule has 1 saturated heterocycles. The lowest BCUT2D eigenvalue weighted by molar-refractivity contribution is -0.151. The molecule has 0 aliphatic carbocycles. The third-order valence-corrected chi connectivity index (χ3v) is 2.99. The van der Waals surface area contributed by atoms with Gasteiger partial charge in [0.25, 0.3) is 0 Å². The van der Waals surface area contributed by atoms with Gasteiger partial charge in [-0.2, -0.15) is 0 Å². The van der Waals surface area contributed by atoms with Gasteiger partial charge in [-0.1, -0.05) is 6.07 Å². The predicted molar refractivity (Wildman–Crippen MR) is 66.5 cm³/mol. The fourth-order valence-electron chi connectivity index (χ4n) is 1.99. The summed E-state index contributed by atoms with van der Waals surface area (Å²) in [5, 5.41) is 11.5. The average molecular weight is 264 g/mol. The summed E-state index contributed by atoms with van der Waals surface area (Å²) < 4.78 is 5.16. The zero-order chi connectivity index (χ0) is 13.7. The summed E-state index contributed by atoms with van der Waals surface area (Å²) in [4.78, 5) is 26.6. The zero-order valence-corrected chi connectivity index (χ0v) is 10.4. The number of carbonyl (C=O) groups is 2. The highest BCUT2D eigenvalue weighted by atomic mass is 16.5. The minimum absolute atomic E-state index is 0.250. The van der Waals surface area contributed by atoms with Gasteiger partial charge in [0.05, 0.1) is 0 Å². The minimum Gasteiger partial charge on any atom is -0.479 e. The fourth-order valence-corrected chi connectivity index (χ4v) is 1.99. The number of nitrogens with one attached hydrogen (secondary N) is 1. The first-order chi connectivity index (χ1) is 9.16. The monoisotopic (exact) mass is 264 g/mol. The molecule has 2 rings (SSSR count). The van der Waals surface area contributed by atoms with Gasteiger partial charge in [0.15, 0.2) is 6.10 Å². The van der Waals surface area contributed by atoms with Gasteiger partial charge in [-0.05, 0) is 25.0 Å². The third-order valence-electron chi connectivity index (χ3n) is 2.99. The van der Waals surface area contributed by atoms with Crippen molar-refractivity contribution in [3.63, 3.8) is 0 Å². The lowest BCUT2D eigenvalue weighted by Crippen LogP contribution is -2.36. The van der Waals surface area contributed by atoms with Gasteiger partial charge >= 0.3 is 5.97 Å². The molecule has 1 aromatic rings. The summed E-state index contributed by atoms with van der Waals surface area (Å²) in [6.07, 6.45) is 1.67. The minimum atomic E-state index is -1.01. The van der Waals surface area contributed by atoms with Crippen LogP contribution in [0.15, 0.2) is 24.4 Å². The Morgan fingerprint density at radius 3 is 2.79 bits per heavy atom. The molecule has 2 heterocycles. The van der Waals surface area contributed by atoms with Crippen molar-refractivity contribution < 1.29 is 19.4 Å². The highest BCUT2D eigenvalue weighted by Gasteiger charge is 2.34. The van der Waals surface area contributed by atoms with E-state index in [-0.39, 0.29) is 5.91 Å². The number of rotatable bonds is 5. The van der Waals surface area contributed by atoms with Crippen LogP contribution in [0, 0.1) is 0 Å². The summed E-state index contributed by atoms with van der Waals surface area (Å²) >= 11 is 0. The first kappa shape index (κ1) is 13.5. The first-order valence-corrected chi connectivity index (χ1v) is 6.22. The number of carboxylic acids is 1. The van der Waals surface area contributed by atoms with E-state index in [1.807, 2.05) is 18.2 Å². The quantitative estimate of drug-likeness (QED) is 0.802. The number of aromatic nitrogens is 1. The lowest BCUT2D eigenvalue weighted by Gasteiger charge is -2.11. The number of pyridine rings is 1. The smallest absolute Gasteiger partial charge is 0.332 e. The van der Waals surface area contributed by atoms with Crippen LogP contribution in [0.5, 0.6) is 0 Å². The lowest BCUT2D eigenvalue weighted by atomic mass is 10.2. The van der Waals surface area contributed by atoms with E-state index in [0.717, 1.165) is 5.69 Å². The molecule has 2 atom stereocenters. The molecule has 6 nitrogen and oxygen atoms in total. The molecular weight excluding hydrogens is 248 g/mol. The molecule has 2 unspecified atom stereocenters. The van der Waals surface area contributed by atoms with Crippen LogP contribution in [0.4, 0.5) is 0 Å². The van der Waals surface area contributed by atoms with Crippen molar-refractivity contribution in [2.24, 2.45) is 0 Å². The molecule has 102 valence electrons. The number of carboxylic acid groups (broad SMARTS) is 1. The number of nitrogens with zero attached hydrogens (tertiary/aromatic N) is 1. The van der Waals surface area contributed by atoms with E-state index < -0.39 is 18.2 Å². The third kappa shape index (κ3) is 3.75. The van der Waals surface area contributed by atoms with Gasteiger partial charge in [-0.3, -0.25) is 9.78 Å². The van der Waals surface area contributed by atoms with Crippen molar-refractivity contribution in [3.8, 4) is 0 Å². The number of carbonyl (C=O) groups excluding carboxylic acids is 1. The van der Waals surface area contributed by atoms with E-state index >= 15 is 0 Å². The molecule has 19 heavy (non-hydrogen) atoms. The van der Waals surface area contributed by atoms with E-state index in [0.29, 0.717) is 25.8 Å². The number of amides is 1. The maximum Gasteiger partial charge on any atom is 0.332 e. The van der Waals surface area contributed by atoms with Crippen LogP contribution in [0.2, 0.25) is 0 Å². The Balaban J connectivity index is 1.72. The molecule has 0 radical (unpaired) electrons. The summed E-state index contributed by atoms with van der Waals surface area (Å²) in [5.41, 5.74) is 0.901. The molecule has 2 N–H and O–H groups in total. The van der Waals surface area contributed by atoms with Gasteiger partial charge in [-0.15, -0.1) is 0 Å². The molecule has 1 aliphatic rings. The predicted octanol–water partition coefficient (Wildman–Crippen LogP) is 0.372. The van der Waals surface area contributed by atoms with Crippen LogP contribution in [-0.2, 0) is 20.7 Å². The molecule has 1 aliphatic heterocycles. The van der Waals surface area contributed by atoms with Crippen LogP contribution in [0.25, 0.3) is 0 Å². The maximum atomic E-state index is 11.8. The number of hydrogen-bond acceptors (Lipinski definition) is 4. The fraction of sp³-hybridized carbons (Fsp3) is 0.462. The van der Waals surface area contributed by atoms with Crippen LogP contribution < -0.4 is 5.32 Å². The van der Waals surface area contributed by atoms with Crippen LogP contribution >= 0.6 is 0 Å². The van der Waals surface area contributed by atoms with Gasteiger partial charge < -0.3 is 15.2 Å². The Bertz CT molecular complexity index is 449. The highest BCUT2D eigenvalue weighted by molar-refractivity contribution is 5.82. The molecule has 6 heteroatoms. The van der Waals surface area contributed by atoms with E-state index in [9.17, 15) is 9.59 Å². The normalized spacial score (nSPS) is 22.1. The van der Waals surface area contributed by atoms with Crippen LogP contribution in [0.1, 0.15) is 18.5 Å².